The molecule has 0 unspecified atom stereocenters. The second kappa shape index (κ2) is 9.25. The van der Waals surface area contributed by atoms with E-state index in [1.165, 1.54) is 7.11 Å². The van der Waals surface area contributed by atoms with Crippen molar-refractivity contribution in [2.45, 2.75) is 46.3 Å². The summed E-state index contributed by atoms with van der Waals surface area (Å²) >= 11 is 0. The van der Waals surface area contributed by atoms with Crippen LogP contribution in [0.3, 0.4) is 0 Å². The lowest BCUT2D eigenvalue weighted by Gasteiger charge is -2.62. The third-order valence-corrected chi connectivity index (χ3v) is 5.49. The molecule has 0 atom stereocenters. The molecule has 2 rings (SSSR count). The van der Waals surface area contributed by atoms with Gasteiger partial charge >= 0.3 is 6.61 Å². The van der Waals surface area contributed by atoms with Gasteiger partial charge in [-0.15, -0.1) is 24.0 Å². The minimum Gasteiger partial charge on any atom is -0.493 e. The minimum atomic E-state index is -2.88. The maximum Gasteiger partial charge on any atom is 0.387 e. The van der Waals surface area contributed by atoms with Crippen molar-refractivity contribution in [3.8, 4) is 11.5 Å². The SMILES string of the molecule is CN=C(NCCc1ccc(OC)c(OC(F)F)c1)N1CC(C)(C)C1(C)C.I. The number of methoxy groups -OCH3 is 1. The molecule has 1 aromatic rings. The molecule has 1 aliphatic heterocycles. The number of hydrogen-bond acceptors (Lipinski definition) is 3. The first-order valence-electron chi connectivity index (χ1n) is 8.72. The van der Waals surface area contributed by atoms with E-state index in [4.69, 9.17) is 4.74 Å². The van der Waals surface area contributed by atoms with Crippen molar-refractivity contribution in [1.82, 2.24) is 10.2 Å². The van der Waals surface area contributed by atoms with Crippen molar-refractivity contribution >= 4 is 29.9 Å². The highest BCUT2D eigenvalue weighted by molar-refractivity contribution is 14.0. The predicted molar refractivity (Wildman–Crippen MR) is 115 cm³/mol. The molecule has 1 saturated heterocycles. The number of likely N-dealkylation sites (tertiary alicyclic amines) is 1. The van der Waals surface area contributed by atoms with Crippen LogP contribution in [0.4, 0.5) is 8.78 Å². The summed E-state index contributed by atoms with van der Waals surface area (Å²) < 4.78 is 34.6. The van der Waals surface area contributed by atoms with E-state index >= 15 is 0 Å². The first kappa shape index (κ1) is 23.7. The van der Waals surface area contributed by atoms with Crippen LogP contribution in [0.5, 0.6) is 11.5 Å². The van der Waals surface area contributed by atoms with Crippen molar-refractivity contribution < 1.29 is 18.3 Å². The van der Waals surface area contributed by atoms with Gasteiger partial charge in [0.1, 0.15) is 0 Å². The van der Waals surface area contributed by atoms with Crippen molar-refractivity contribution in [3.05, 3.63) is 23.8 Å². The van der Waals surface area contributed by atoms with Crippen LogP contribution in [0.2, 0.25) is 0 Å². The quantitative estimate of drug-likeness (QED) is 0.365. The van der Waals surface area contributed by atoms with Gasteiger partial charge in [-0.25, -0.2) is 0 Å². The highest BCUT2D eigenvalue weighted by Gasteiger charge is 2.53. The molecule has 1 N–H and O–H groups in total. The molecular weight excluding hydrogens is 467 g/mol. The van der Waals surface area contributed by atoms with Crippen LogP contribution < -0.4 is 14.8 Å². The number of aliphatic imine (C=N–C) groups is 1. The highest BCUT2D eigenvalue weighted by atomic mass is 127. The molecular formula is C19H30F2IN3O2. The summed E-state index contributed by atoms with van der Waals surface area (Å²) in [5, 5.41) is 3.36. The topological polar surface area (TPSA) is 46.1 Å². The first-order valence-corrected chi connectivity index (χ1v) is 8.72. The van der Waals surface area contributed by atoms with Crippen molar-refractivity contribution in [1.29, 1.82) is 0 Å². The fourth-order valence-electron chi connectivity index (χ4n) is 3.08. The van der Waals surface area contributed by atoms with E-state index in [9.17, 15) is 8.78 Å². The van der Waals surface area contributed by atoms with Crippen LogP contribution in [0.25, 0.3) is 0 Å². The van der Waals surface area contributed by atoms with E-state index < -0.39 is 6.61 Å². The van der Waals surface area contributed by atoms with Crippen molar-refractivity contribution in [3.63, 3.8) is 0 Å². The Labute approximate surface area is 177 Å². The number of alkyl halides is 2. The van der Waals surface area contributed by atoms with E-state index in [0.29, 0.717) is 18.7 Å². The normalized spacial score (nSPS) is 17.8. The lowest BCUT2D eigenvalue weighted by molar-refractivity contribution is -0.0666. The third-order valence-electron chi connectivity index (χ3n) is 5.49. The molecule has 0 spiro atoms. The fraction of sp³-hybridized carbons (Fsp3) is 0.632. The molecule has 0 bridgehead atoms. The van der Waals surface area contributed by atoms with Gasteiger partial charge in [-0.1, -0.05) is 19.9 Å². The van der Waals surface area contributed by atoms with Crippen LogP contribution in [0.15, 0.2) is 23.2 Å². The van der Waals surface area contributed by atoms with Gasteiger partial charge in [0.2, 0.25) is 0 Å². The number of benzene rings is 1. The van der Waals surface area contributed by atoms with Crippen LogP contribution in [0.1, 0.15) is 33.3 Å². The van der Waals surface area contributed by atoms with Crippen LogP contribution >= 0.6 is 24.0 Å². The first-order chi connectivity index (χ1) is 12.1. The smallest absolute Gasteiger partial charge is 0.387 e. The van der Waals surface area contributed by atoms with Gasteiger partial charge < -0.3 is 19.7 Å². The molecule has 0 saturated carbocycles. The van der Waals surface area contributed by atoms with Crippen molar-refractivity contribution in [2.75, 3.05) is 27.2 Å². The summed E-state index contributed by atoms with van der Waals surface area (Å²) in [5.74, 6) is 1.20. The van der Waals surface area contributed by atoms with Gasteiger partial charge in [0.15, 0.2) is 17.5 Å². The zero-order chi connectivity index (χ0) is 19.5. The highest BCUT2D eigenvalue weighted by Crippen LogP contribution is 2.46. The molecule has 0 radical (unpaired) electrons. The van der Waals surface area contributed by atoms with E-state index in [0.717, 1.165) is 18.1 Å². The number of nitrogens with zero attached hydrogens (tertiary/aromatic N) is 2. The van der Waals surface area contributed by atoms with Gasteiger partial charge in [-0.2, -0.15) is 8.78 Å². The summed E-state index contributed by atoms with van der Waals surface area (Å²) in [5.41, 5.74) is 1.13. The summed E-state index contributed by atoms with van der Waals surface area (Å²) in [6, 6.07) is 5.08. The molecule has 27 heavy (non-hydrogen) atoms. The predicted octanol–water partition coefficient (Wildman–Crippen LogP) is 4.15. The fourth-order valence-corrected chi connectivity index (χ4v) is 3.08. The lowest BCUT2D eigenvalue weighted by Crippen LogP contribution is -2.72. The number of guanidine groups is 1. The average Bonchev–Trinajstić information content (AvgIpc) is 2.57. The summed E-state index contributed by atoms with van der Waals surface area (Å²) in [6.45, 7) is 7.61. The van der Waals surface area contributed by atoms with E-state index in [-0.39, 0.29) is 40.7 Å². The van der Waals surface area contributed by atoms with Gasteiger partial charge in [0.25, 0.3) is 0 Å². The van der Waals surface area contributed by atoms with Crippen molar-refractivity contribution in [2.24, 2.45) is 10.4 Å². The Morgan fingerprint density at radius 1 is 1.26 bits per heavy atom. The molecule has 1 heterocycles. The lowest BCUT2D eigenvalue weighted by atomic mass is 9.65. The largest absolute Gasteiger partial charge is 0.493 e. The summed E-state index contributed by atoms with van der Waals surface area (Å²) in [4.78, 5) is 6.63. The molecule has 0 aromatic heterocycles. The molecule has 8 heteroatoms. The van der Waals surface area contributed by atoms with Gasteiger partial charge in [-0.3, -0.25) is 4.99 Å². The Bertz CT molecular complexity index is 666. The molecule has 154 valence electrons. The van der Waals surface area contributed by atoms with Crippen LogP contribution in [0, 0.1) is 5.41 Å². The van der Waals surface area contributed by atoms with E-state index in [1.54, 1.807) is 19.2 Å². The van der Waals surface area contributed by atoms with Gasteiger partial charge in [0, 0.05) is 31.1 Å². The maximum atomic E-state index is 12.5. The van der Waals surface area contributed by atoms with Gasteiger partial charge in [0.05, 0.1) is 7.11 Å². The third kappa shape index (κ3) is 5.14. The average molecular weight is 497 g/mol. The van der Waals surface area contributed by atoms with Crippen LogP contribution in [-0.4, -0.2) is 50.3 Å². The Kier molecular flexibility index (Phi) is 8.13. The Morgan fingerprint density at radius 3 is 2.41 bits per heavy atom. The molecule has 1 aliphatic rings. The number of halogens is 3. The standard InChI is InChI=1S/C19H29F2N3O2.HI/c1-18(2)12-24(19(18,3)4)17(22-5)23-10-9-13-7-8-14(25-6)15(11-13)26-16(20)21;/h7-8,11,16H,9-10,12H2,1-6H3,(H,22,23);1H. The molecule has 5 nitrogen and oxygen atoms in total. The molecule has 1 fully saturated rings. The van der Waals surface area contributed by atoms with E-state index in [1.807, 2.05) is 6.07 Å². The molecule has 1 aromatic carbocycles. The monoisotopic (exact) mass is 497 g/mol. The summed E-state index contributed by atoms with van der Waals surface area (Å²) in [6.07, 6.45) is 0.653. The minimum absolute atomic E-state index is 0. The number of rotatable bonds is 6. The maximum absolute atomic E-state index is 12.5. The number of ether oxygens (including phenoxy) is 2. The number of hydrogen-bond donors (Lipinski definition) is 1. The summed E-state index contributed by atoms with van der Waals surface area (Å²) in [7, 11) is 3.20. The number of nitrogens with one attached hydrogen (secondary N) is 1. The Morgan fingerprint density at radius 2 is 1.93 bits per heavy atom. The van der Waals surface area contributed by atoms with Crippen LogP contribution in [-0.2, 0) is 6.42 Å². The molecule has 0 amide bonds. The zero-order valence-electron chi connectivity index (χ0n) is 16.8. The second-order valence-electron chi connectivity index (χ2n) is 7.62. The van der Waals surface area contributed by atoms with E-state index in [2.05, 4.69) is 47.6 Å². The zero-order valence-corrected chi connectivity index (χ0v) is 19.1. The van der Waals surface area contributed by atoms with Gasteiger partial charge in [-0.05, 0) is 38.0 Å². The molecule has 0 aliphatic carbocycles. The second-order valence-corrected chi connectivity index (χ2v) is 7.62. The Balaban J connectivity index is 0.00000364. The Hall–Kier alpha value is -1.32.